The molecule has 0 aliphatic carbocycles. The number of hydrogen-bond donors (Lipinski definition) is 2. The Labute approximate surface area is 106 Å². The van der Waals surface area contributed by atoms with E-state index in [0.29, 0.717) is 6.54 Å². The van der Waals surface area contributed by atoms with Crippen LogP contribution in [0, 0.1) is 12.3 Å². The van der Waals surface area contributed by atoms with E-state index in [1.807, 2.05) is 0 Å². The summed E-state index contributed by atoms with van der Waals surface area (Å²) in [6, 6.07) is 8.60. The average Bonchev–Trinajstić information content (AvgIpc) is 2.79. The minimum Gasteiger partial charge on any atom is -0.329 e. The maximum absolute atomic E-state index is 5.83. The number of terminal acetylenes is 1. The van der Waals surface area contributed by atoms with Crippen molar-refractivity contribution in [3.8, 4) is 12.3 Å². The second-order valence-electron chi connectivity index (χ2n) is 3.88. The molecule has 0 aliphatic rings. The highest BCUT2D eigenvalue weighted by molar-refractivity contribution is 7.17. The van der Waals surface area contributed by atoms with Crippen molar-refractivity contribution in [2.24, 2.45) is 5.73 Å². The third-order valence-corrected chi connectivity index (χ3v) is 3.76. The van der Waals surface area contributed by atoms with Crippen molar-refractivity contribution in [1.29, 1.82) is 0 Å². The van der Waals surface area contributed by atoms with Gasteiger partial charge in [0.1, 0.15) is 0 Å². The summed E-state index contributed by atoms with van der Waals surface area (Å²) in [5.74, 6) is 2.63. The van der Waals surface area contributed by atoms with Gasteiger partial charge in [-0.3, -0.25) is 0 Å². The maximum atomic E-state index is 5.83. The van der Waals surface area contributed by atoms with Gasteiger partial charge in [-0.25, -0.2) is 0 Å². The fraction of sp³-hybridized carbons (Fsp3) is 0.286. The zero-order valence-electron chi connectivity index (χ0n) is 9.65. The Bertz CT molecular complexity index is 524. The standard InChI is InChI=1S/C14H16N2S/c1-2-3-8-16-13(9-15)12-10-17-14-7-5-4-6-11(12)14/h1,4-7,10,13,16H,3,8-9,15H2. The van der Waals surface area contributed by atoms with Gasteiger partial charge in [-0.1, -0.05) is 18.2 Å². The summed E-state index contributed by atoms with van der Waals surface area (Å²) in [6.07, 6.45) is 5.98. The van der Waals surface area contributed by atoms with Gasteiger partial charge < -0.3 is 11.1 Å². The molecule has 0 saturated heterocycles. The Hall–Kier alpha value is -1.34. The Morgan fingerprint density at radius 1 is 1.41 bits per heavy atom. The van der Waals surface area contributed by atoms with Gasteiger partial charge in [0.2, 0.25) is 0 Å². The molecule has 0 aliphatic heterocycles. The van der Waals surface area contributed by atoms with E-state index < -0.39 is 0 Å². The lowest BCUT2D eigenvalue weighted by Crippen LogP contribution is -2.28. The molecule has 3 N–H and O–H groups in total. The molecule has 88 valence electrons. The van der Waals surface area contributed by atoms with Crippen molar-refractivity contribution in [2.45, 2.75) is 12.5 Å². The lowest BCUT2D eigenvalue weighted by atomic mass is 10.1. The van der Waals surface area contributed by atoms with Crippen LogP contribution in [0.2, 0.25) is 0 Å². The van der Waals surface area contributed by atoms with Crippen LogP contribution < -0.4 is 11.1 Å². The fourth-order valence-electron chi connectivity index (χ4n) is 1.91. The van der Waals surface area contributed by atoms with Crippen LogP contribution in [0.4, 0.5) is 0 Å². The Balaban J connectivity index is 2.21. The molecular formula is C14H16N2S. The van der Waals surface area contributed by atoms with Crippen molar-refractivity contribution in [3.63, 3.8) is 0 Å². The first-order chi connectivity index (χ1) is 8.36. The fourth-order valence-corrected chi connectivity index (χ4v) is 2.92. The van der Waals surface area contributed by atoms with Crippen LogP contribution in [0.5, 0.6) is 0 Å². The molecule has 1 aromatic carbocycles. The molecule has 0 amide bonds. The largest absolute Gasteiger partial charge is 0.329 e. The van der Waals surface area contributed by atoms with E-state index in [9.17, 15) is 0 Å². The van der Waals surface area contributed by atoms with Crippen molar-refractivity contribution in [1.82, 2.24) is 5.32 Å². The van der Waals surface area contributed by atoms with Crippen LogP contribution in [-0.2, 0) is 0 Å². The van der Waals surface area contributed by atoms with Gasteiger partial charge >= 0.3 is 0 Å². The molecule has 0 saturated carbocycles. The van der Waals surface area contributed by atoms with Crippen molar-refractivity contribution < 1.29 is 0 Å². The highest BCUT2D eigenvalue weighted by Crippen LogP contribution is 2.29. The lowest BCUT2D eigenvalue weighted by Gasteiger charge is -2.15. The zero-order chi connectivity index (χ0) is 12.1. The SMILES string of the molecule is C#CCCNC(CN)c1csc2ccccc12. The summed E-state index contributed by atoms with van der Waals surface area (Å²) in [5, 5.41) is 6.88. The summed E-state index contributed by atoms with van der Waals surface area (Å²) in [4.78, 5) is 0. The Morgan fingerprint density at radius 3 is 3.00 bits per heavy atom. The molecule has 1 atom stereocenters. The second-order valence-corrected chi connectivity index (χ2v) is 4.79. The van der Waals surface area contributed by atoms with Crippen molar-refractivity contribution in [3.05, 3.63) is 35.2 Å². The number of hydrogen-bond acceptors (Lipinski definition) is 3. The lowest BCUT2D eigenvalue weighted by molar-refractivity contribution is 0.555. The van der Waals surface area contributed by atoms with Crippen LogP contribution in [0.15, 0.2) is 29.6 Å². The number of benzene rings is 1. The number of rotatable bonds is 5. The summed E-state index contributed by atoms with van der Waals surface area (Å²) in [6.45, 7) is 1.40. The number of nitrogens with two attached hydrogens (primary N) is 1. The van der Waals surface area contributed by atoms with Crippen LogP contribution >= 0.6 is 11.3 Å². The summed E-state index contributed by atoms with van der Waals surface area (Å²) in [5.41, 5.74) is 7.11. The number of nitrogens with one attached hydrogen (secondary N) is 1. The number of fused-ring (bicyclic) bond motifs is 1. The normalized spacial score (nSPS) is 12.5. The third kappa shape index (κ3) is 2.67. The van der Waals surface area contributed by atoms with E-state index in [1.54, 1.807) is 11.3 Å². The first-order valence-electron chi connectivity index (χ1n) is 5.70. The molecule has 1 aromatic heterocycles. The van der Waals surface area contributed by atoms with E-state index in [-0.39, 0.29) is 6.04 Å². The maximum Gasteiger partial charge on any atom is 0.0459 e. The minimum absolute atomic E-state index is 0.194. The highest BCUT2D eigenvalue weighted by Gasteiger charge is 2.13. The molecule has 2 aromatic rings. The summed E-state index contributed by atoms with van der Waals surface area (Å²) < 4.78 is 1.31. The van der Waals surface area contributed by atoms with Gasteiger partial charge in [0, 0.05) is 30.3 Å². The van der Waals surface area contributed by atoms with Gasteiger partial charge in [-0.05, 0) is 22.4 Å². The van der Waals surface area contributed by atoms with Gasteiger partial charge in [0.05, 0.1) is 0 Å². The predicted molar refractivity (Wildman–Crippen MR) is 75.1 cm³/mol. The molecular weight excluding hydrogens is 228 g/mol. The highest BCUT2D eigenvalue weighted by atomic mass is 32.1. The van der Waals surface area contributed by atoms with Crippen LogP contribution in [0.1, 0.15) is 18.0 Å². The second kappa shape index (κ2) is 5.83. The van der Waals surface area contributed by atoms with E-state index in [2.05, 4.69) is 40.9 Å². The van der Waals surface area contributed by atoms with Crippen molar-refractivity contribution >= 4 is 21.4 Å². The molecule has 3 heteroatoms. The van der Waals surface area contributed by atoms with Gasteiger partial charge in [0.15, 0.2) is 0 Å². The average molecular weight is 244 g/mol. The first kappa shape index (κ1) is 12.1. The van der Waals surface area contributed by atoms with Gasteiger partial charge in [-0.2, -0.15) is 0 Å². The predicted octanol–water partition coefficient (Wildman–Crippen LogP) is 2.51. The van der Waals surface area contributed by atoms with Gasteiger partial charge in [0.25, 0.3) is 0 Å². The smallest absolute Gasteiger partial charge is 0.0459 e. The quantitative estimate of drug-likeness (QED) is 0.626. The van der Waals surface area contributed by atoms with Crippen molar-refractivity contribution in [2.75, 3.05) is 13.1 Å². The molecule has 1 unspecified atom stereocenters. The molecule has 0 radical (unpaired) electrons. The molecule has 2 nitrogen and oxygen atoms in total. The first-order valence-corrected chi connectivity index (χ1v) is 6.58. The van der Waals surface area contributed by atoms with Crippen LogP contribution in [-0.4, -0.2) is 13.1 Å². The summed E-state index contributed by atoms with van der Waals surface area (Å²) >= 11 is 1.76. The molecule has 0 bridgehead atoms. The third-order valence-electron chi connectivity index (χ3n) is 2.78. The molecule has 0 fully saturated rings. The van der Waals surface area contributed by atoms with Crippen LogP contribution in [0.25, 0.3) is 10.1 Å². The van der Waals surface area contributed by atoms with E-state index in [1.165, 1.54) is 15.6 Å². The molecule has 17 heavy (non-hydrogen) atoms. The van der Waals surface area contributed by atoms with Crippen LogP contribution in [0.3, 0.4) is 0 Å². The minimum atomic E-state index is 0.194. The zero-order valence-corrected chi connectivity index (χ0v) is 10.5. The molecule has 1 heterocycles. The monoisotopic (exact) mass is 244 g/mol. The van der Waals surface area contributed by atoms with E-state index in [0.717, 1.165) is 13.0 Å². The van der Waals surface area contributed by atoms with E-state index in [4.69, 9.17) is 12.2 Å². The molecule has 0 spiro atoms. The van der Waals surface area contributed by atoms with E-state index >= 15 is 0 Å². The molecule has 2 rings (SSSR count). The Kier molecular flexibility index (Phi) is 4.16. The topological polar surface area (TPSA) is 38.0 Å². The number of thiophene rings is 1. The Morgan fingerprint density at radius 2 is 2.24 bits per heavy atom. The van der Waals surface area contributed by atoms with Gasteiger partial charge in [-0.15, -0.1) is 23.7 Å². The summed E-state index contributed by atoms with van der Waals surface area (Å²) in [7, 11) is 0.